The van der Waals surface area contributed by atoms with Crippen LogP contribution in [0.1, 0.15) is 48.0 Å². The molecular formula is C10H23N. The number of rotatable bonds is 3. The lowest BCUT2D eigenvalue weighted by Gasteiger charge is -2.32. The van der Waals surface area contributed by atoms with E-state index in [1.165, 1.54) is 6.42 Å². The van der Waals surface area contributed by atoms with Crippen molar-refractivity contribution in [3.8, 4) is 0 Å². The zero-order valence-corrected chi connectivity index (χ0v) is 8.86. The molecule has 0 rings (SSSR count). The Hall–Kier alpha value is -0.0400. The van der Waals surface area contributed by atoms with Crippen LogP contribution in [0.3, 0.4) is 0 Å². The molecule has 1 nitrogen and oxygen atoms in total. The first kappa shape index (κ1) is 11.0. The SMILES string of the molecule is CC[C@@H](NC(C)C)C(C)(C)C. The third kappa shape index (κ3) is 4.41. The predicted octanol–water partition coefficient (Wildman–Crippen LogP) is 2.81. The Labute approximate surface area is 71.6 Å². The Balaban J connectivity index is 3.96. The second-order valence-corrected chi connectivity index (χ2v) is 4.65. The van der Waals surface area contributed by atoms with Crippen LogP contribution < -0.4 is 5.32 Å². The van der Waals surface area contributed by atoms with E-state index in [1.807, 2.05) is 0 Å². The Morgan fingerprint density at radius 2 is 1.64 bits per heavy atom. The summed E-state index contributed by atoms with van der Waals surface area (Å²) in [5, 5.41) is 3.57. The van der Waals surface area contributed by atoms with Gasteiger partial charge in [-0.1, -0.05) is 41.5 Å². The first-order valence-corrected chi connectivity index (χ1v) is 4.64. The molecule has 0 saturated carbocycles. The lowest BCUT2D eigenvalue weighted by molar-refractivity contribution is 0.247. The molecule has 0 bridgehead atoms. The van der Waals surface area contributed by atoms with Crippen LogP contribution in [0.25, 0.3) is 0 Å². The molecule has 1 N–H and O–H groups in total. The van der Waals surface area contributed by atoms with Gasteiger partial charge in [-0.25, -0.2) is 0 Å². The summed E-state index contributed by atoms with van der Waals surface area (Å²) in [6.45, 7) is 13.5. The van der Waals surface area contributed by atoms with Gasteiger partial charge in [0.05, 0.1) is 0 Å². The molecule has 0 heterocycles. The van der Waals surface area contributed by atoms with Crippen molar-refractivity contribution in [2.24, 2.45) is 5.41 Å². The van der Waals surface area contributed by atoms with E-state index >= 15 is 0 Å². The summed E-state index contributed by atoms with van der Waals surface area (Å²) in [7, 11) is 0. The predicted molar refractivity (Wildman–Crippen MR) is 51.8 cm³/mol. The zero-order chi connectivity index (χ0) is 9.07. The fraction of sp³-hybridized carbons (Fsp3) is 1.00. The highest BCUT2D eigenvalue weighted by Gasteiger charge is 2.22. The molecule has 0 aliphatic rings. The Bertz CT molecular complexity index is 99.9. The highest BCUT2D eigenvalue weighted by atomic mass is 14.9. The average molecular weight is 157 g/mol. The smallest absolute Gasteiger partial charge is 0.0115 e. The van der Waals surface area contributed by atoms with E-state index in [1.54, 1.807) is 0 Å². The van der Waals surface area contributed by atoms with Crippen LogP contribution >= 0.6 is 0 Å². The van der Waals surface area contributed by atoms with Crippen molar-refractivity contribution in [2.75, 3.05) is 0 Å². The van der Waals surface area contributed by atoms with E-state index in [0.29, 0.717) is 17.5 Å². The first-order valence-electron chi connectivity index (χ1n) is 4.64. The molecule has 1 heteroatoms. The first-order chi connectivity index (χ1) is 4.88. The highest BCUT2D eigenvalue weighted by molar-refractivity contribution is 4.80. The Kier molecular flexibility index (Phi) is 4.09. The molecule has 11 heavy (non-hydrogen) atoms. The van der Waals surface area contributed by atoms with Gasteiger partial charge in [0.1, 0.15) is 0 Å². The minimum absolute atomic E-state index is 0.388. The molecule has 0 aromatic carbocycles. The van der Waals surface area contributed by atoms with Crippen LogP contribution in [-0.4, -0.2) is 12.1 Å². The van der Waals surface area contributed by atoms with Gasteiger partial charge < -0.3 is 5.32 Å². The molecule has 0 aromatic heterocycles. The van der Waals surface area contributed by atoms with Crippen LogP contribution in [0.2, 0.25) is 0 Å². The van der Waals surface area contributed by atoms with E-state index in [2.05, 4.69) is 46.9 Å². The van der Waals surface area contributed by atoms with Crippen LogP contribution in [0.5, 0.6) is 0 Å². The van der Waals surface area contributed by atoms with Crippen LogP contribution in [-0.2, 0) is 0 Å². The number of hydrogen-bond acceptors (Lipinski definition) is 1. The molecular weight excluding hydrogens is 134 g/mol. The molecule has 0 aliphatic carbocycles. The van der Waals surface area contributed by atoms with E-state index < -0.39 is 0 Å². The van der Waals surface area contributed by atoms with E-state index in [0.717, 1.165) is 0 Å². The maximum atomic E-state index is 3.57. The quantitative estimate of drug-likeness (QED) is 0.664. The minimum atomic E-state index is 0.388. The molecule has 68 valence electrons. The maximum absolute atomic E-state index is 3.57. The summed E-state index contributed by atoms with van der Waals surface area (Å²) in [5.41, 5.74) is 0.388. The summed E-state index contributed by atoms with van der Waals surface area (Å²) >= 11 is 0. The summed E-state index contributed by atoms with van der Waals surface area (Å²) in [6.07, 6.45) is 1.21. The van der Waals surface area contributed by atoms with Gasteiger partial charge in [-0.15, -0.1) is 0 Å². The molecule has 0 fully saturated rings. The standard InChI is InChI=1S/C10H23N/c1-7-9(10(4,5)6)11-8(2)3/h8-9,11H,7H2,1-6H3/t9-/m1/s1. The van der Waals surface area contributed by atoms with Crippen molar-refractivity contribution >= 4 is 0 Å². The van der Waals surface area contributed by atoms with Crippen LogP contribution in [0.15, 0.2) is 0 Å². The number of hydrogen-bond donors (Lipinski definition) is 1. The van der Waals surface area contributed by atoms with Crippen molar-refractivity contribution < 1.29 is 0 Å². The fourth-order valence-corrected chi connectivity index (χ4v) is 1.38. The molecule has 0 aromatic rings. The molecule has 1 atom stereocenters. The third-order valence-electron chi connectivity index (χ3n) is 1.99. The van der Waals surface area contributed by atoms with Crippen LogP contribution in [0, 0.1) is 5.41 Å². The van der Waals surface area contributed by atoms with E-state index in [-0.39, 0.29) is 0 Å². The van der Waals surface area contributed by atoms with E-state index in [9.17, 15) is 0 Å². The second-order valence-electron chi connectivity index (χ2n) is 4.65. The van der Waals surface area contributed by atoms with Crippen molar-refractivity contribution in [1.82, 2.24) is 5.32 Å². The van der Waals surface area contributed by atoms with Crippen molar-refractivity contribution in [1.29, 1.82) is 0 Å². The monoisotopic (exact) mass is 157 g/mol. The topological polar surface area (TPSA) is 12.0 Å². The highest BCUT2D eigenvalue weighted by Crippen LogP contribution is 2.21. The van der Waals surface area contributed by atoms with Gasteiger partial charge >= 0.3 is 0 Å². The lowest BCUT2D eigenvalue weighted by atomic mass is 9.85. The zero-order valence-electron chi connectivity index (χ0n) is 8.86. The van der Waals surface area contributed by atoms with Crippen molar-refractivity contribution in [3.63, 3.8) is 0 Å². The largest absolute Gasteiger partial charge is 0.311 e. The molecule has 0 saturated heterocycles. The third-order valence-corrected chi connectivity index (χ3v) is 1.99. The summed E-state index contributed by atoms with van der Waals surface area (Å²) in [4.78, 5) is 0. The molecule has 0 unspecified atom stereocenters. The molecule has 0 aliphatic heterocycles. The van der Waals surface area contributed by atoms with E-state index in [4.69, 9.17) is 0 Å². The molecule has 0 radical (unpaired) electrons. The van der Waals surface area contributed by atoms with Crippen molar-refractivity contribution in [2.45, 2.75) is 60.0 Å². The maximum Gasteiger partial charge on any atom is 0.0115 e. The van der Waals surface area contributed by atoms with Gasteiger partial charge in [-0.3, -0.25) is 0 Å². The minimum Gasteiger partial charge on any atom is -0.311 e. The fourth-order valence-electron chi connectivity index (χ4n) is 1.38. The second kappa shape index (κ2) is 4.10. The summed E-state index contributed by atoms with van der Waals surface area (Å²) in [5.74, 6) is 0. The Morgan fingerprint density at radius 1 is 1.18 bits per heavy atom. The normalized spacial score (nSPS) is 15.5. The van der Waals surface area contributed by atoms with Gasteiger partial charge in [0.15, 0.2) is 0 Å². The Morgan fingerprint density at radius 3 is 1.73 bits per heavy atom. The average Bonchev–Trinajstić information content (AvgIpc) is 1.79. The summed E-state index contributed by atoms with van der Waals surface area (Å²) < 4.78 is 0. The lowest BCUT2D eigenvalue weighted by Crippen LogP contribution is -2.43. The van der Waals surface area contributed by atoms with Crippen LogP contribution in [0.4, 0.5) is 0 Å². The van der Waals surface area contributed by atoms with Crippen molar-refractivity contribution in [3.05, 3.63) is 0 Å². The molecule has 0 amide bonds. The van der Waals surface area contributed by atoms with Gasteiger partial charge in [-0.2, -0.15) is 0 Å². The van der Waals surface area contributed by atoms with Gasteiger partial charge in [0, 0.05) is 12.1 Å². The van der Waals surface area contributed by atoms with Gasteiger partial charge in [-0.05, 0) is 11.8 Å². The number of nitrogens with one attached hydrogen (secondary N) is 1. The summed E-state index contributed by atoms with van der Waals surface area (Å²) in [6, 6.07) is 1.24. The van der Waals surface area contributed by atoms with Gasteiger partial charge in [0.25, 0.3) is 0 Å². The molecule has 0 spiro atoms. The van der Waals surface area contributed by atoms with Gasteiger partial charge in [0.2, 0.25) is 0 Å².